The average molecular weight is 399 g/mol. The third-order valence-corrected chi connectivity index (χ3v) is 6.00. The monoisotopic (exact) mass is 398 g/mol. The first-order valence-electron chi connectivity index (χ1n) is 8.12. The van der Waals surface area contributed by atoms with Crippen molar-refractivity contribution in [3.63, 3.8) is 0 Å². The number of rotatable bonds is 6. The number of amides is 1. The van der Waals surface area contributed by atoms with Crippen molar-refractivity contribution in [2.24, 2.45) is 0 Å². The van der Waals surface area contributed by atoms with Gasteiger partial charge in [-0.2, -0.15) is 0 Å². The number of anilines is 2. The van der Waals surface area contributed by atoms with Crippen LogP contribution in [0.2, 0.25) is 0 Å². The van der Waals surface area contributed by atoms with E-state index in [0.29, 0.717) is 11.3 Å². The first-order valence-corrected chi connectivity index (χ1v) is 10.8. The number of thioether (sulfide) groups is 1. The molecule has 1 amide bonds. The van der Waals surface area contributed by atoms with E-state index in [0.717, 1.165) is 10.6 Å². The van der Waals surface area contributed by atoms with E-state index in [1.165, 1.54) is 36.0 Å². The Morgan fingerprint density at radius 3 is 2.15 bits per heavy atom. The lowest BCUT2D eigenvalue weighted by Gasteiger charge is -2.10. The van der Waals surface area contributed by atoms with Crippen LogP contribution in [0.3, 0.4) is 0 Å². The fraction of sp³-hybridized carbons (Fsp3) is 0.0500. The predicted molar refractivity (Wildman–Crippen MR) is 110 cm³/mol. The van der Waals surface area contributed by atoms with E-state index in [9.17, 15) is 13.2 Å². The predicted octanol–water partition coefficient (Wildman–Crippen LogP) is 4.46. The normalized spacial score (nSPS) is 11.0. The van der Waals surface area contributed by atoms with E-state index in [4.69, 9.17) is 0 Å². The minimum Gasteiger partial charge on any atom is -0.321 e. The molecule has 5 nitrogen and oxygen atoms in total. The maximum absolute atomic E-state index is 12.4. The summed E-state index contributed by atoms with van der Waals surface area (Å²) in [5.74, 6) is -0.295. The molecule has 27 heavy (non-hydrogen) atoms. The minimum absolute atomic E-state index is 0.0902. The highest BCUT2D eigenvalue weighted by atomic mass is 32.2. The molecular formula is C20H18N2O3S2. The van der Waals surface area contributed by atoms with Crippen LogP contribution in [0.25, 0.3) is 0 Å². The first kappa shape index (κ1) is 19.0. The lowest BCUT2D eigenvalue weighted by molar-refractivity contribution is 0.102. The lowest BCUT2D eigenvalue weighted by atomic mass is 10.2. The number of carbonyl (C=O) groups excluding carboxylic acids is 1. The molecule has 0 fully saturated rings. The molecule has 0 aliphatic rings. The van der Waals surface area contributed by atoms with Crippen molar-refractivity contribution in [3.05, 3.63) is 84.4 Å². The van der Waals surface area contributed by atoms with Crippen molar-refractivity contribution in [2.75, 3.05) is 16.3 Å². The Balaban J connectivity index is 1.75. The summed E-state index contributed by atoms with van der Waals surface area (Å²) in [5.41, 5.74) is 1.58. The zero-order valence-corrected chi connectivity index (χ0v) is 16.2. The number of carbonyl (C=O) groups is 1. The summed E-state index contributed by atoms with van der Waals surface area (Å²) < 4.78 is 27.4. The number of para-hydroxylation sites is 2. The van der Waals surface area contributed by atoms with Gasteiger partial charge in [-0.15, -0.1) is 11.8 Å². The first-order chi connectivity index (χ1) is 13.0. The molecule has 7 heteroatoms. The van der Waals surface area contributed by atoms with E-state index in [1.807, 2.05) is 30.5 Å². The Hall–Kier alpha value is -2.77. The second-order valence-corrected chi connectivity index (χ2v) is 8.18. The van der Waals surface area contributed by atoms with E-state index in [1.54, 1.807) is 30.3 Å². The highest BCUT2D eigenvalue weighted by molar-refractivity contribution is 7.98. The van der Waals surface area contributed by atoms with Crippen LogP contribution in [-0.4, -0.2) is 20.6 Å². The van der Waals surface area contributed by atoms with Crippen molar-refractivity contribution >= 4 is 39.1 Å². The van der Waals surface area contributed by atoms with E-state index < -0.39 is 10.0 Å². The van der Waals surface area contributed by atoms with Crippen LogP contribution in [0, 0.1) is 0 Å². The van der Waals surface area contributed by atoms with Gasteiger partial charge < -0.3 is 5.32 Å². The van der Waals surface area contributed by atoms with Crippen molar-refractivity contribution in [1.29, 1.82) is 0 Å². The highest BCUT2D eigenvalue weighted by Crippen LogP contribution is 2.25. The molecule has 0 saturated heterocycles. The van der Waals surface area contributed by atoms with Gasteiger partial charge in [-0.25, -0.2) is 8.42 Å². The summed E-state index contributed by atoms with van der Waals surface area (Å²) >= 11 is 1.54. The molecule has 138 valence electrons. The lowest BCUT2D eigenvalue weighted by Crippen LogP contribution is -2.15. The van der Waals surface area contributed by atoms with E-state index in [-0.39, 0.29) is 10.8 Å². The summed E-state index contributed by atoms with van der Waals surface area (Å²) in [6.45, 7) is 0. The second-order valence-electron chi connectivity index (χ2n) is 5.65. The molecule has 0 aliphatic heterocycles. The molecule has 0 bridgehead atoms. The zero-order valence-electron chi connectivity index (χ0n) is 14.5. The molecule has 3 aromatic rings. The van der Waals surface area contributed by atoms with Crippen LogP contribution in [0.1, 0.15) is 10.4 Å². The van der Waals surface area contributed by atoms with E-state index in [2.05, 4.69) is 10.0 Å². The van der Waals surface area contributed by atoms with Gasteiger partial charge >= 0.3 is 0 Å². The Kier molecular flexibility index (Phi) is 5.83. The topological polar surface area (TPSA) is 75.3 Å². The van der Waals surface area contributed by atoms with Gasteiger partial charge in [-0.1, -0.05) is 30.3 Å². The van der Waals surface area contributed by atoms with E-state index >= 15 is 0 Å². The van der Waals surface area contributed by atoms with Gasteiger partial charge in [0.15, 0.2) is 0 Å². The van der Waals surface area contributed by atoms with Crippen LogP contribution in [0.15, 0.2) is 88.7 Å². The Morgan fingerprint density at radius 1 is 0.852 bits per heavy atom. The summed E-state index contributed by atoms with van der Waals surface area (Å²) in [4.78, 5) is 13.5. The summed E-state index contributed by atoms with van der Waals surface area (Å²) in [6, 6.07) is 22.0. The summed E-state index contributed by atoms with van der Waals surface area (Å²) in [7, 11) is -3.71. The molecule has 3 rings (SSSR count). The van der Waals surface area contributed by atoms with Crippen molar-refractivity contribution in [2.45, 2.75) is 9.79 Å². The number of benzene rings is 3. The number of hydrogen-bond acceptors (Lipinski definition) is 4. The standard InChI is InChI=1S/C20H18N2O3S2/c1-26-19-10-6-5-9-18(19)21-20(23)15-11-13-17(14-12-15)27(24,25)22-16-7-3-2-4-8-16/h2-14,22H,1H3,(H,21,23). The Bertz CT molecular complexity index is 1030. The molecule has 2 N–H and O–H groups in total. The van der Waals surface area contributed by atoms with Crippen LogP contribution in [-0.2, 0) is 10.0 Å². The van der Waals surface area contributed by atoms with Crippen molar-refractivity contribution < 1.29 is 13.2 Å². The van der Waals surface area contributed by atoms with Crippen molar-refractivity contribution in [1.82, 2.24) is 0 Å². The summed E-state index contributed by atoms with van der Waals surface area (Å²) in [5, 5.41) is 2.85. The average Bonchev–Trinajstić information content (AvgIpc) is 2.69. The number of nitrogens with one attached hydrogen (secondary N) is 2. The molecule has 0 radical (unpaired) electrons. The number of sulfonamides is 1. The van der Waals surface area contributed by atoms with Gasteiger partial charge in [0, 0.05) is 16.1 Å². The van der Waals surface area contributed by atoms with Gasteiger partial charge in [-0.3, -0.25) is 9.52 Å². The fourth-order valence-corrected chi connectivity index (χ4v) is 4.06. The molecule has 0 spiro atoms. The highest BCUT2D eigenvalue weighted by Gasteiger charge is 2.15. The van der Waals surface area contributed by atoms with Crippen LogP contribution < -0.4 is 10.0 Å². The molecular weight excluding hydrogens is 380 g/mol. The van der Waals surface area contributed by atoms with Crippen LogP contribution in [0.5, 0.6) is 0 Å². The van der Waals surface area contributed by atoms with Gasteiger partial charge in [0.1, 0.15) is 0 Å². The molecule has 0 saturated carbocycles. The summed E-state index contributed by atoms with van der Waals surface area (Å²) in [6.07, 6.45) is 1.93. The quantitative estimate of drug-likeness (QED) is 0.601. The number of hydrogen-bond donors (Lipinski definition) is 2. The van der Waals surface area contributed by atoms with Crippen LogP contribution >= 0.6 is 11.8 Å². The molecule has 0 atom stereocenters. The largest absolute Gasteiger partial charge is 0.321 e. The third kappa shape index (κ3) is 4.69. The maximum Gasteiger partial charge on any atom is 0.261 e. The molecule has 3 aromatic carbocycles. The van der Waals surface area contributed by atoms with Gasteiger partial charge in [0.05, 0.1) is 10.6 Å². The Labute approximate surface area is 162 Å². The Morgan fingerprint density at radius 2 is 1.48 bits per heavy atom. The SMILES string of the molecule is CSc1ccccc1NC(=O)c1ccc(S(=O)(=O)Nc2ccccc2)cc1. The third-order valence-electron chi connectivity index (χ3n) is 3.81. The molecule has 0 aromatic heterocycles. The zero-order chi connectivity index (χ0) is 19.3. The smallest absolute Gasteiger partial charge is 0.261 e. The fourth-order valence-electron chi connectivity index (χ4n) is 2.45. The van der Waals surface area contributed by atoms with Gasteiger partial charge in [-0.05, 0) is 54.8 Å². The second kappa shape index (κ2) is 8.28. The van der Waals surface area contributed by atoms with Gasteiger partial charge in [0.25, 0.3) is 15.9 Å². The molecule has 0 unspecified atom stereocenters. The minimum atomic E-state index is -3.71. The maximum atomic E-state index is 12.4. The molecule has 0 heterocycles. The van der Waals surface area contributed by atoms with Crippen LogP contribution in [0.4, 0.5) is 11.4 Å². The van der Waals surface area contributed by atoms with Crippen molar-refractivity contribution in [3.8, 4) is 0 Å². The van der Waals surface area contributed by atoms with Gasteiger partial charge in [0.2, 0.25) is 0 Å². The molecule has 0 aliphatic carbocycles.